The molecule has 0 aromatic heterocycles. The van der Waals surface area contributed by atoms with Crippen LogP contribution in [0.4, 0.5) is 0 Å². The van der Waals surface area contributed by atoms with Crippen molar-refractivity contribution in [2.45, 2.75) is 39.1 Å². The Hall–Kier alpha value is -0.940. The first-order chi connectivity index (χ1) is 6.26. The molecular weight excluding hydrogens is 188 g/mol. The summed E-state index contributed by atoms with van der Waals surface area (Å²) >= 11 is 0. The van der Waals surface area contributed by atoms with Crippen molar-refractivity contribution in [2.75, 3.05) is 7.11 Å². The fourth-order valence-electron chi connectivity index (χ4n) is 0.914. The van der Waals surface area contributed by atoms with E-state index in [1.807, 2.05) is 0 Å². The van der Waals surface area contributed by atoms with Gasteiger partial charge in [-0.1, -0.05) is 0 Å². The van der Waals surface area contributed by atoms with E-state index in [9.17, 15) is 14.7 Å². The van der Waals surface area contributed by atoms with Crippen LogP contribution in [0.25, 0.3) is 0 Å². The van der Waals surface area contributed by atoms with E-state index in [1.54, 1.807) is 0 Å². The van der Waals surface area contributed by atoms with Gasteiger partial charge in [0.1, 0.15) is 5.78 Å². The van der Waals surface area contributed by atoms with Gasteiger partial charge in [0.25, 0.3) is 0 Å². The number of carbonyl (C=O) groups is 2. The van der Waals surface area contributed by atoms with Crippen LogP contribution in [0.15, 0.2) is 0 Å². The lowest BCUT2D eigenvalue weighted by atomic mass is 10.2. The highest BCUT2D eigenvalue weighted by molar-refractivity contribution is 5.84. The van der Waals surface area contributed by atoms with E-state index in [0.717, 1.165) is 0 Å². The summed E-state index contributed by atoms with van der Waals surface area (Å²) in [4.78, 5) is 21.9. The van der Waals surface area contributed by atoms with Crippen LogP contribution < -0.4 is 0 Å². The van der Waals surface area contributed by atoms with Crippen LogP contribution in [0, 0.1) is 0 Å². The van der Waals surface area contributed by atoms with E-state index >= 15 is 0 Å². The molecule has 82 valence electrons. The Balaban J connectivity index is 4.40. The number of rotatable bonds is 5. The average Bonchev–Trinajstić information content (AvgIpc) is 1.98. The van der Waals surface area contributed by atoms with Crippen LogP contribution in [0.1, 0.15) is 27.2 Å². The summed E-state index contributed by atoms with van der Waals surface area (Å²) in [5, 5.41) is 9.30. The minimum atomic E-state index is -1.46. The number of hydrogen-bond acceptors (Lipinski definition) is 5. The normalized spacial score (nSPS) is 13.5. The second kappa shape index (κ2) is 5.07. The average molecular weight is 204 g/mol. The van der Waals surface area contributed by atoms with E-state index in [1.165, 1.54) is 27.9 Å². The Morgan fingerprint density at radius 3 is 2.21 bits per heavy atom. The molecule has 0 saturated carbocycles. The molecule has 0 aromatic rings. The van der Waals surface area contributed by atoms with Gasteiger partial charge in [-0.05, 0) is 20.8 Å². The van der Waals surface area contributed by atoms with Crippen molar-refractivity contribution in [1.82, 2.24) is 0 Å². The Kier molecular flexibility index (Phi) is 4.73. The summed E-state index contributed by atoms with van der Waals surface area (Å²) in [6.45, 7) is 4.09. The molecule has 1 unspecified atom stereocenters. The number of carbonyl (C=O) groups excluding carboxylic acids is 2. The number of ketones is 1. The summed E-state index contributed by atoms with van der Waals surface area (Å²) in [5.41, 5.74) is 0. The van der Waals surface area contributed by atoms with Gasteiger partial charge < -0.3 is 14.6 Å². The van der Waals surface area contributed by atoms with Gasteiger partial charge in [0.15, 0.2) is 11.9 Å². The van der Waals surface area contributed by atoms with Gasteiger partial charge in [-0.15, -0.1) is 0 Å². The first-order valence-electron chi connectivity index (χ1n) is 4.23. The molecular formula is C9H16O5. The lowest BCUT2D eigenvalue weighted by Crippen LogP contribution is -2.37. The molecule has 0 aliphatic rings. The van der Waals surface area contributed by atoms with Crippen molar-refractivity contribution in [1.29, 1.82) is 0 Å². The molecule has 0 aliphatic heterocycles. The number of ether oxygens (including phenoxy) is 2. The highest BCUT2D eigenvalue weighted by Gasteiger charge is 2.28. The van der Waals surface area contributed by atoms with Crippen LogP contribution >= 0.6 is 0 Å². The monoisotopic (exact) mass is 204 g/mol. The summed E-state index contributed by atoms with van der Waals surface area (Å²) in [5.74, 6) is -2.33. The fourth-order valence-corrected chi connectivity index (χ4v) is 0.914. The van der Waals surface area contributed by atoms with E-state index < -0.39 is 17.9 Å². The van der Waals surface area contributed by atoms with Crippen LogP contribution in [-0.4, -0.2) is 35.9 Å². The Morgan fingerprint density at radius 2 is 1.93 bits per heavy atom. The third kappa shape index (κ3) is 5.66. The molecule has 0 rings (SSSR count). The zero-order chi connectivity index (χ0) is 11.4. The SMILES string of the molecule is COC(=O)C(CC(C)=O)OC(C)(C)O. The van der Waals surface area contributed by atoms with Crippen molar-refractivity contribution in [2.24, 2.45) is 0 Å². The fraction of sp³-hybridized carbons (Fsp3) is 0.778. The van der Waals surface area contributed by atoms with Crippen LogP contribution in [0.2, 0.25) is 0 Å². The molecule has 0 heterocycles. The maximum atomic E-state index is 11.1. The standard InChI is InChI=1S/C9H16O5/c1-6(10)5-7(8(11)13-4)14-9(2,3)12/h7,12H,5H2,1-4H3. The van der Waals surface area contributed by atoms with Gasteiger partial charge in [-0.3, -0.25) is 4.79 Å². The lowest BCUT2D eigenvalue weighted by molar-refractivity contribution is -0.216. The Morgan fingerprint density at radius 1 is 1.43 bits per heavy atom. The zero-order valence-corrected chi connectivity index (χ0v) is 8.86. The van der Waals surface area contributed by atoms with Crippen LogP contribution in [-0.2, 0) is 19.1 Å². The molecule has 5 heteroatoms. The molecule has 1 N–H and O–H groups in total. The predicted octanol–water partition coefficient (Wildman–Crippen LogP) is 0.252. The molecule has 0 radical (unpaired) electrons. The van der Waals surface area contributed by atoms with E-state index in [4.69, 9.17) is 4.74 Å². The summed E-state index contributed by atoms with van der Waals surface area (Å²) in [6.07, 6.45) is -1.14. The summed E-state index contributed by atoms with van der Waals surface area (Å²) in [6, 6.07) is 0. The van der Waals surface area contributed by atoms with Gasteiger partial charge in [-0.25, -0.2) is 4.79 Å². The quantitative estimate of drug-likeness (QED) is 0.513. The molecule has 0 bridgehead atoms. The van der Waals surface area contributed by atoms with Crippen LogP contribution in [0.3, 0.4) is 0 Å². The van der Waals surface area contributed by atoms with Gasteiger partial charge in [0.2, 0.25) is 0 Å². The topological polar surface area (TPSA) is 72.8 Å². The van der Waals surface area contributed by atoms with Crippen molar-refractivity contribution < 1.29 is 24.2 Å². The van der Waals surface area contributed by atoms with E-state index in [-0.39, 0.29) is 12.2 Å². The number of hydrogen-bond donors (Lipinski definition) is 1. The van der Waals surface area contributed by atoms with Crippen LogP contribution in [0.5, 0.6) is 0 Å². The number of esters is 1. The number of Topliss-reactive ketones (excluding diaryl/α,β-unsaturated/α-hetero) is 1. The molecule has 0 aliphatic carbocycles. The second-order valence-electron chi connectivity index (χ2n) is 3.48. The molecule has 1 atom stereocenters. The maximum absolute atomic E-state index is 11.1. The first-order valence-corrected chi connectivity index (χ1v) is 4.23. The van der Waals surface area contributed by atoms with Crippen molar-refractivity contribution in [3.63, 3.8) is 0 Å². The van der Waals surface area contributed by atoms with Gasteiger partial charge in [0, 0.05) is 6.42 Å². The van der Waals surface area contributed by atoms with E-state index in [0.29, 0.717) is 0 Å². The second-order valence-corrected chi connectivity index (χ2v) is 3.48. The smallest absolute Gasteiger partial charge is 0.335 e. The minimum Gasteiger partial charge on any atom is -0.467 e. The largest absolute Gasteiger partial charge is 0.467 e. The number of methoxy groups -OCH3 is 1. The Bertz CT molecular complexity index is 216. The maximum Gasteiger partial charge on any atom is 0.335 e. The molecule has 0 aromatic carbocycles. The molecule has 14 heavy (non-hydrogen) atoms. The predicted molar refractivity (Wildman–Crippen MR) is 48.5 cm³/mol. The van der Waals surface area contributed by atoms with Gasteiger partial charge in [-0.2, -0.15) is 0 Å². The van der Waals surface area contributed by atoms with Crippen molar-refractivity contribution >= 4 is 11.8 Å². The Labute approximate surface area is 83.0 Å². The highest BCUT2D eigenvalue weighted by Crippen LogP contribution is 2.12. The van der Waals surface area contributed by atoms with E-state index in [2.05, 4.69) is 4.74 Å². The molecule has 0 amide bonds. The summed E-state index contributed by atoms with van der Waals surface area (Å²) in [7, 11) is 1.20. The molecule has 0 fully saturated rings. The van der Waals surface area contributed by atoms with Gasteiger partial charge >= 0.3 is 5.97 Å². The first kappa shape index (κ1) is 13.1. The molecule has 5 nitrogen and oxygen atoms in total. The third-order valence-corrected chi connectivity index (χ3v) is 1.37. The lowest BCUT2D eigenvalue weighted by Gasteiger charge is -2.23. The molecule has 0 spiro atoms. The highest BCUT2D eigenvalue weighted by atomic mass is 16.6. The van der Waals surface area contributed by atoms with Crippen molar-refractivity contribution in [3.8, 4) is 0 Å². The summed E-state index contributed by atoms with van der Waals surface area (Å²) < 4.78 is 9.39. The number of aliphatic hydroxyl groups is 1. The zero-order valence-electron chi connectivity index (χ0n) is 8.86. The van der Waals surface area contributed by atoms with Gasteiger partial charge in [0.05, 0.1) is 7.11 Å². The minimum absolute atomic E-state index is 0.101. The third-order valence-electron chi connectivity index (χ3n) is 1.37. The molecule has 0 saturated heterocycles. The van der Waals surface area contributed by atoms with Crippen molar-refractivity contribution in [3.05, 3.63) is 0 Å².